The largest absolute Gasteiger partial charge is 0.493 e. The van der Waals surface area contributed by atoms with Crippen molar-refractivity contribution in [3.63, 3.8) is 0 Å². The molecule has 0 aliphatic rings. The molecule has 5 nitrogen and oxygen atoms in total. The smallest absolute Gasteiger partial charge is 0.281 e. The van der Waals surface area contributed by atoms with Crippen LogP contribution in [0.1, 0.15) is 6.92 Å². The molecule has 1 aromatic carbocycles. The number of ether oxygens (including phenoxy) is 1. The SMILES string of the molecule is CCOc1cc(-c2ccco2)c([N+](=O)[O-])cc1Br. The van der Waals surface area contributed by atoms with Gasteiger partial charge in [-0.05, 0) is 41.1 Å². The van der Waals surface area contributed by atoms with E-state index >= 15 is 0 Å². The highest BCUT2D eigenvalue weighted by atomic mass is 79.9. The summed E-state index contributed by atoms with van der Waals surface area (Å²) in [6, 6.07) is 6.38. The molecule has 0 unspecified atom stereocenters. The average molecular weight is 312 g/mol. The molecule has 0 amide bonds. The third-order valence-electron chi connectivity index (χ3n) is 2.33. The van der Waals surface area contributed by atoms with Gasteiger partial charge in [-0.15, -0.1) is 0 Å². The molecule has 0 aliphatic carbocycles. The minimum absolute atomic E-state index is 0.0275. The number of nitro groups is 1. The summed E-state index contributed by atoms with van der Waals surface area (Å²) in [5.74, 6) is 0.990. The third-order valence-corrected chi connectivity index (χ3v) is 2.95. The number of furan rings is 1. The van der Waals surface area contributed by atoms with Crippen LogP contribution in [0.5, 0.6) is 5.75 Å². The van der Waals surface area contributed by atoms with Crippen molar-refractivity contribution < 1.29 is 14.1 Å². The van der Waals surface area contributed by atoms with Crippen molar-refractivity contribution in [2.45, 2.75) is 6.92 Å². The van der Waals surface area contributed by atoms with Crippen LogP contribution in [-0.2, 0) is 0 Å². The summed E-state index contributed by atoms with van der Waals surface area (Å²) in [6.07, 6.45) is 1.47. The second kappa shape index (κ2) is 5.22. The molecule has 0 saturated heterocycles. The van der Waals surface area contributed by atoms with E-state index in [1.54, 1.807) is 18.2 Å². The van der Waals surface area contributed by atoms with Gasteiger partial charge < -0.3 is 9.15 Å². The summed E-state index contributed by atoms with van der Waals surface area (Å²) in [5.41, 5.74) is 0.372. The fraction of sp³-hybridized carbons (Fsp3) is 0.167. The lowest BCUT2D eigenvalue weighted by Crippen LogP contribution is -1.96. The maximum Gasteiger partial charge on any atom is 0.281 e. The fourth-order valence-corrected chi connectivity index (χ4v) is 2.03. The zero-order valence-corrected chi connectivity index (χ0v) is 11.1. The highest BCUT2D eigenvalue weighted by Crippen LogP contribution is 2.38. The first-order chi connectivity index (χ1) is 8.63. The second-order valence-electron chi connectivity index (χ2n) is 3.47. The molecule has 94 valence electrons. The molecular weight excluding hydrogens is 302 g/mol. The Morgan fingerprint density at radius 2 is 2.28 bits per heavy atom. The topological polar surface area (TPSA) is 65.5 Å². The molecule has 0 N–H and O–H groups in total. The molecule has 2 aromatic rings. The Morgan fingerprint density at radius 1 is 1.50 bits per heavy atom. The van der Waals surface area contributed by atoms with Crippen LogP contribution >= 0.6 is 15.9 Å². The van der Waals surface area contributed by atoms with Crippen LogP contribution in [0.15, 0.2) is 39.4 Å². The molecule has 6 heteroatoms. The van der Waals surface area contributed by atoms with E-state index in [4.69, 9.17) is 9.15 Å². The number of hydrogen-bond donors (Lipinski definition) is 0. The zero-order valence-electron chi connectivity index (χ0n) is 9.55. The predicted molar refractivity (Wildman–Crippen MR) is 69.7 cm³/mol. The van der Waals surface area contributed by atoms with Gasteiger partial charge in [0.2, 0.25) is 0 Å². The van der Waals surface area contributed by atoms with E-state index in [1.807, 2.05) is 6.92 Å². The number of hydrogen-bond acceptors (Lipinski definition) is 4. The van der Waals surface area contributed by atoms with Crippen LogP contribution in [0.25, 0.3) is 11.3 Å². The first kappa shape index (κ1) is 12.6. The van der Waals surface area contributed by atoms with Crippen molar-refractivity contribution in [2.24, 2.45) is 0 Å². The Morgan fingerprint density at radius 3 is 2.83 bits per heavy atom. The molecule has 0 aliphatic heterocycles. The Kier molecular flexibility index (Phi) is 3.66. The van der Waals surface area contributed by atoms with Gasteiger partial charge in [0, 0.05) is 6.07 Å². The molecule has 0 spiro atoms. The predicted octanol–water partition coefficient (Wildman–Crippen LogP) is 4.02. The maximum absolute atomic E-state index is 11.0. The Labute approximate surface area is 112 Å². The standard InChI is InChI=1S/C12H10BrNO4/c1-2-17-12-6-8(11-4-3-5-18-11)10(14(15)16)7-9(12)13/h3-7H,2H2,1H3. The summed E-state index contributed by atoms with van der Waals surface area (Å²) < 4.78 is 11.2. The van der Waals surface area contributed by atoms with Crippen molar-refractivity contribution >= 4 is 21.6 Å². The minimum atomic E-state index is -0.446. The fourth-order valence-electron chi connectivity index (χ4n) is 1.59. The Hall–Kier alpha value is -1.82. The molecular formula is C12H10BrNO4. The van der Waals surface area contributed by atoms with Crippen molar-refractivity contribution in [3.05, 3.63) is 45.1 Å². The number of halogens is 1. The number of benzene rings is 1. The summed E-state index contributed by atoms with van der Waals surface area (Å²) in [6.45, 7) is 2.33. The van der Waals surface area contributed by atoms with Gasteiger partial charge >= 0.3 is 0 Å². The first-order valence-electron chi connectivity index (χ1n) is 5.28. The lowest BCUT2D eigenvalue weighted by atomic mass is 10.1. The molecule has 0 fully saturated rings. The minimum Gasteiger partial charge on any atom is -0.493 e. The van der Waals surface area contributed by atoms with Crippen LogP contribution in [0, 0.1) is 10.1 Å². The lowest BCUT2D eigenvalue weighted by Gasteiger charge is -2.08. The maximum atomic E-state index is 11.0. The Bertz CT molecular complexity index is 566. The van der Waals surface area contributed by atoms with Crippen LogP contribution in [0.4, 0.5) is 5.69 Å². The second-order valence-corrected chi connectivity index (χ2v) is 4.32. The van der Waals surface area contributed by atoms with Crippen LogP contribution in [0.2, 0.25) is 0 Å². The van der Waals surface area contributed by atoms with E-state index < -0.39 is 4.92 Å². The molecule has 1 heterocycles. The monoisotopic (exact) mass is 311 g/mol. The van der Waals surface area contributed by atoms with Gasteiger partial charge in [0.05, 0.1) is 27.8 Å². The van der Waals surface area contributed by atoms with Gasteiger partial charge in [-0.1, -0.05) is 0 Å². The van der Waals surface area contributed by atoms with Crippen molar-refractivity contribution in [2.75, 3.05) is 6.61 Å². The number of nitrogens with zero attached hydrogens (tertiary/aromatic N) is 1. The summed E-state index contributed by atoms with van der Waals surface area (Å²) in [4.78, 5) is 10.6. The quantitative estimate of drug-likeness (QED) is 0.632. The summed E-state index contributed by atoms with van der Waals surface area (Å²) >= 11 is 3.25. The molecule has 2 rings (SSSR count). The number of nitro benzene ring substituents is 1. The van der Waals surface area contributed by atoms with Gasteiger partial charge in [0.25, 0.3) is 5.69 Å². The van der Waals surface area contributed by atoms with E-state index in [0.717, 1.165) is 0 Å². The van der Waals surface area contributed by atoms with Gasteiger partial charge in [0.1, 0.15) is 11.5 Å². The van der Waals surface area contributed by atoms with Gasteiger partial charge in [-0.3, -0.25) is 10.1 Å². The molecule has 0 bridgehead atoms. The van der Waals surface area contributed by atoms with Gasteiger partial charge in [-0.25, -0.2) is 0 Å². The van der Waals surface area contributed by atoms with Crippen LogP contribution in [-0.4, -0.2) is 11.5 Å². The molecule has 0 atom stereocenters. The van der Waals surface area contributed by atoms with Crippen LogP contribution < -0.4 is 4.74 Å². The molecule has 1 aromatic heterocycles. The van der Waals surface area contributed by atoms with E-state index in [-0.39, 0.29) is 5.69 Å². The van der Waals surface area contributed by atoms with Crippen LogP contribution in [0.3, 0.4) is 0 Å². The van der Waals surface area contributed by atoms with E-state index in [2.05, 4.69) is 15.9 Å². The Balaban J connectivity index is 2.60. The summed E-state index contributed by atoms with van der Waals surface area (Å²) in [5, 5.41) is 11.0. The zero-order chi connectivity index (χ0) is 13.1. The van der Waals surface area contributed by atoms with E-state index in [0.29, 0.717) is 28.2 Å². The van der Waals surface area contributed by atoms with Crippen molar-refractivity contribution in [1.29, 1.82) is 0 Å². The van der Waals surface area contributed by atoms with E-state index in [9.17, 15) is 10.1 Å². The third kappa shape index (κ3) is 2.38. The van der Waals surface area contributed by atoms with Crippen molar-refractivity contribution in [3.8, 4) is 17.1 Å². The molecule has 0 saturated carbocycles. The molecule has 0 radical (unpaired) electrons. The van der Waals surface area contributed by atoms with E-state index in [1.165, 1.54) is 12.3 Å². The number of rotatable bonds is 4. The summed E-state index contributed by atoms with van der Waals surface area (Å²) in [7, 11) is 0. The average Bonchev–Trinajstić information content (AvgIpc) is 2.84. The first-order valence-corrected chi connectivity index (χ1v) is 6.07. The normalized spacial score (nSPS) is 10.3. The highest BCUT2D eigenvalue weighted by molar-refractivity contribution is 9.10. The van der Waals surface area contributed by atoms with Gasteiger partial charge in [-0.2, -0.15) is 0 Å². The van der Waals surface area contributed by atoms with Gasteiger partial charge in [0.15, 0.2) is 0 Å². The lowest BCUT2D eigenvalue weighted by molar-refractivity contribution is -0.384. The van der Waals surface area contributed by atoms with Crippen molar-refractivity contribution in [1.82, 2.24) is 0 Å². The molecule has 18 heavy (non-hydrogen) atoms. The highest BCUT2D eigenvalue weighted by Gasteiger charge is 2.20.